The average Bonchev–Trinajstić information content (AvgIpc) is 2.36. The maximum atomic E-state index is 5.58. The van der Waals surface area contributed by atoms with Crippen LogP contribution in [0.3, 0.4) is 0 Å². The predicted octanol–water partition coefficient (Wildman–Crippen LogP) is 0.280. The van der Waals surface area contributed by atoms with E-state index in [1.54, 1.807) is 6.20 Å². The molecule has 0 radical (unpaired) electrons. The van der Waals surface area contributed by atoms with Crippen LogP contribution in [-0.4, -0.2) is 21.5 Å². The van der Waals surface area contributed by atoms with Crippen molar-refractivity contribution in [2.45, 2.75) is 26.3 Å². The van der Waals surface area contributed by atoms with Crippen molar-refractivity contribution in [1.29, 1.82) is 0 Å². The topological polar surface area (TPSA) is 56.7 Å². The number of aryl methyl sites for hydroxylation is 1. The molecule has 0 atom stereocenters. The standard InChI is InChI=1S/C7H14N4/c1-6-4-9-10-11(6)7(2,3)5-8/h4H,5,8H2,1-3H3. The Morgan fingerprint density at radius 2 is 2.27 bits per heavy atom. The highest BCUT2D eigenvalue weighted by Crippen LogP contribution is 2.12. The minimum Gasteiger partial charge on any atom is -0.328 e. The first-order chi connectivity index (χ1) is 5.08. The molecular formula is C7H14N4. The van der Waals surface area contributed by atoms with E-state index in [9.17, 15) is 0 Å². The average molecular weight is 154 g/mol. The number of nitrogens with two attached hydrogens (primary N) is 1. The van der Waals surface area contributed by atoms with E-state index in [0.717, 1.165) is 5.69 Å². The zero-order chi connectivity index (χ0) is 8.48. The molecule has 1 aromatic rings. The summed E-state index contributed by atoms with van der Waals surface area (Å²) in [6.45, 7) is 6.61. The molecule has 0 aliphatic heterocycles. The van der Waals surface area contributed by atoms with E-state index >= 15 is 0 Å². The van der Waals surface area contributed by atoms with Gasteiger partial charge in [-0.05, 0) is 20.8 Å². The molecule has 11 heavy (non-hydrogen) atoms. The van der Waals surface area contributed by atoms with E-state index in [1.165, 1.54) is 0 Å². The Balaban J connectivity index is 3.00. The summed E-state index contributed by atoms with van der Waals surface area (Å²) >= 11 is 0. The van der Waals surface area contributed by atoms with Crippen molar-refractivity contribution in [2.75, 3.05) is 6.54 Å². The number of aromatic nitrogens is 3. The van der Waals surface area contributed by atoms with Crippen LogP contribution in [0, 0.1) is 6.92 Å². The first-order valence-corrected chi connectivity index (χ1v) is 3.66. The van der Waals surface area contributed by atoms with Crippen LogP contribution in [0.4, 0.5) is 0 Å². The Kier molecular flexibility index (Phi) is 1.95. The van der Waals surface area contributed by atoms with Gasteiger partial charge in [-0.3, -0.25) is 0 Å². The van der Waals surface area contributed by atoms with E-state index in [0.29, 0.717) is 6.54 Å². The molecule has 1 aromatic heterocycles. The largest absolute Gasteiger partial charge is 0.328 e. The molecule has 0 amide bonds. The Bertz CT molecular complexity index is 238. The fraction of sp³-hybridized carbons (Fsp3) is 0.714. The highest BCUT2D eigenvalue weighted by Gasteiger charge is 2.20. The van der Waals surface area contributed by atoms with Crippen LogP contribution >= 0.6 is 0 Å². The summed E-state index contributed by atoms with van der Waals surface area (Å²) in [5.74, 6) is 0. The molecule has 62 valence electrons. The highest BCUT2D eigenvalue weighted by atomic mass is 15.4. The smallest absolute Gasteiger partial charge is 0.0722 e. The van der Waals surface area contributed by atoms with Gasteiger partial charge in [0, 0.05) is 6.54 Å². The third kappa shape index (κ3) is 1.40. The molecule has 0 spiro atoms. The Morgan fingerprint density at radius 3 is 2.64 bits per heavy atom. The quantitative estimate of drug-likeness (QED) is 0.665. The molecule has 2 N–H and O–H groups in total. The van der Waals surface area contributed by atoms with E-state index in [4.69, 9.17) is 5.73 Å². The van der Waals surface area contributed by atoms with Crippen LogP contribution in [0.15, 0.2) is 6.20 Å². The molecular weight excluding hydrogens is 140 g/mol. The lowest BCUT2D eigenvalue weighted by Crippen LogP contribution is -2.36. The maximum absolute atomic E-state index is 5.58. The van der Waals surface area contributed by atoms with Gasteiger partial charge in [0.25, 0.3) is 0 Å². The minimum atomic E-state index is -0.124. The zero-order valence-electron chi connectivity index (χ0n) is 7.20. The Labute approximate surface area is 66.4 Å². The highest BCUT2D eigenvalue weighted by molar-refractivity contribution is 4.94. The minimum absolute atomic E-state index is 0.124. The van der Waals surface area contributed by atoms with Gasteiger partial charge in [-0.1, -0.05) is 5.21 Å². The van der Waals surface area contributed by atoms with Gasteiger partial charge < -0.3 is 5.73 Å². The van der Waals surface area contributed by atoms with Crippen LogP contribution in [0.2, 0.25) is 0 Å². The van der Waals surface area contributed by atoms with Crippen molar-refractivity contribution in [3.8, 4) is 0 Å². The SMILES string of the molecule is Cc1cnnn1C(C)(C)CN. The molecule has 0 saturated carbocycles. The summed E-state index contributed by atoms with van der Waals surface area (Å²) in [4.78, 5) is 0. The fourth-order valence-electron chi connectivity index (χ4n) is 0.971. The van der Waals surface area contributed by atoms with Crippen molar-refractivity contribution in [3.63, 3.8) is 0 Å². The summed E-state index contributed by atoms with van der Waals surface area (Å²) in [6, 6.07) is 0. The molecule has 1 heterocycles. The lowest BCUT2D eigenvalue weighted by Gasteiger charge is -2.23. The van der Waals surface area contributed by atoms with Crippen LogP contribution < -0.4 is 5.73 Å². The van der Waals surface area contributed by atoms with E-state index in [2.05, 4.69) is 10.3 Å². The summed E-state index contributed by atoms with van der Waals surface area (Å²) < 4.78 is 1.84. The van der Waals surface area contributed by atoms with Gasteiger partial charge in [-0.15, -0.1) is 5.10 Å². The second-order valence-electron chi connectivity index (χ2n) is 3.30. The maximum Gasteiger partial charge on any atom is 0.0722 e. The van der Waals surface area contributed by atoms with Gasteiger partial charge in [0.1, 0.15) is 0 Å². The van der Waals surface area contributed by atoms with Crippen LogP contribution in [0.1, 0.15) is 19.5 Å². The molecule has 0 aliphatic carbocycles. The van der Waals surface area contributed by atoms with Crippen LogP contribution in [0.5, 0.6) is 0 Å². The van der Waals surface area contributed by atoms with Gasteiger partial charge in [0.05, 0.1) is 17.4 Å². The lowest BCUT2D eigenvalue weighted by molar-refractivity contribution is 0.316. The molecule has 1 rings (SSSR count). The summed E-state index contributed by atoms with van der Waals surface area (Å²) in [5.41, 5.74) is 6.50. The third-order valence-electron chi connectivity index (χ3n) is 1.79. The number of nitrogens with zero attached hydrogens (tertiary/aromatic N) is 3. The number of rotatable bonds is 2. The van der Waals surface area contributed by atoms with Gasteiger partial charge in [0.2, 0.25) is 0 Å². The zero-order valence-corrected chi connectivity index (χ0v) is 7.20. The van der Waals surface area contributed by atoms with Crippen molar-refractivity contribution in [1.82, 2.24) is 15.0 Å². The summed E-state index contributed by atoms with van der Waals surface area (Å²) in [7, 11) is 0. The molecule has 0 bridgehead atoms. The molecule has 4 heteroatoms. The van der Waals surface area contributed by atoms with Crippen molar-refractivity contribution in [3.05, 3.63) is 11.9 Å². The predicted molar refractivity (Wildman–Crippen MR) is 43.1 cm³/mol. The molecule has 0 unspecified atom stereocenters. The monoisotopic (exact) mass is 154 g/mol. The number of hydrogen-bond donors (Lipinski definition) is 1. The fourth-order valence-corrected chi connectivity index (χ4v) is 0.971. The molecule has 0 aliphatic rings. The Hall–Kier alpha value is -0.900. The van der Waals surface area contributed by atoms with Crippen molar-refractivity contribution >= 4 is 0 Å². The van der Waals surface area contributed by atoms with Crippen molar-refractivity contribution in [2.24, 2.45) is 5.73 Å². The summed E-state index contributed by atoms with van der Waals surface area (Å²) in [5, 5.41) is 7.74. The van der Waals surface area contributed by atoms with E-state index < -0.39 is 0 Å². The van der Waals surface area contributed by atoms with Crippen molar-refractivity contribution < 1.29 is 0 Å². The molecule has 0 saturated heterocycles. The van der Waals surface area contributed by atoms with Gasteiger partial charge in [0.15, 0.2) is 0 Å². The second kappa shape index (κ2) is 2.62. The normalized spacial score (nSPS) is 12.0. The van der Waals surface area contributed by atoms with Gasteiger partial charge >= 0.3 is 0 Å². The van der Waals surface area contributed by atoms with Gasteiger partial charge in [-0.25, -0.2) is 4.68 Å². The van der Waals surface area contributed by atoms with Gasteiger partial charge in [-0.2, -0.15) is 0 Å². The van der Waals surface area contributed by atoms with Crippen LogP contribution in [0.25, 0.3) is 0 Å². The first-order valence-electron chi connectivity index (χ1n) is 3.66. The lowest BCUT2D eigenvalue weighted by atomic mass is 10.1. The number of hydrogen-bond acceptors (Lipinski definition) is 3. The molecule has 4 nitrogen and oxygen atoms in total. The first kappa shape index (κ1) is 8.20. The van der Waals surface area contributed by atoms with E-state index in [-0.39, 0.29) is 5.54 Å². The summed E-state index contributed by atoms with van der Waals surface area (Å²) in [6.07, 6.45) is 1.73. The molecule has 0 aromatic carbocycles. The van der Waals surface area contributed by atoms with E-state index in [1.807, 2.05) is 25.5 Å². The Morgan fingerprint density at radius 1 is 1.64 bits per heavy atom. The third-order valence-corrected chi connectivity index (χ3v) is 1.79. The second-order valence-corrected chi connectivity index (χ2v) is 3.30. The van der Waals surface area contributed by atoms with Crippen LogP contribution in [-0.2, 0) is 5.54 Å². The molecule has 0 fully saturated rings.